The second-order valence-electron chi connectivity index (χ2n) is 10.9. The van der Waals surface area contributed by atoms with Crippen LogP contribution >= 0.6 is 0 Å². The van der Waals surface area contributed by atoms with Gasteiger partial charge in [0.05, 0.1) is 13.7 Å². The molecule has 1 aromatic heterocycles. The molecule has 0 bridgehead atoms. The van der Waals surface area contributed by atoms with Gasteiger partial charge in [0.25, 0.3) is 0 Å². The molecule has 6 nitrogen and oxygen atoms in total. The van der Waals surface area contributed by atoms with Crippen LogP contribution in [0.25, 0.3) is 6.08 Å². The molecule has 0 saturated heterocycles. The third-order valence-electron chi connectivity index (χ3n) is 7.16. The lowest BCUT2D eigenvalue weighted by Gasteiger charge is -2.28. The van der Waals surface area contributed by atoms with Crippen molar-refractivity contribution in [2.45, 2.75) is 39.9 Å². The van der Waals surface area contributed by atoms with E-state index < -0.39 is 0 Å². The number of ether oxygens (including phenoxy) is 1. The van der Waals surface area contributed by atoms with E-state index in [1.165, 1.54) is 0 Å². The first-order valence-corrected chi connectivity index (χ1v) is 14.5. The predicted molar refractivity (Wildman–Crippen MR) is 169 cm³/mol. The van der Waals surface area contributed by atoms with Crippen molar-refractivity contribution in [1.29, 1.82) is 0 Å². The molecule has 0 spiro atoms. The normalized spacial score (nSPS) is 11.1. The summed E-state index contributed by atoms with van der Waals surface area (Å²) in [4.78, 5) is 30.8. The smallest absolute Gasteiger partial charge is 0.247 e. The van der Waals surface area contributed by atoms with Crippen molar-refractivity contribution in [2.75, 3.05) is 20.2 Å². The minimum Gasteiger partial charge on any atom is -0.497 e. The molecule has 6 heteroatoms. The molecule has 0 N–H and O–H groups in total. The van der Waals surface area contributed by atoms with Gasteiger partial charge in [0.2, 0.25) is 11.8 Å². The van der Waals surface area contributed by atoms with Crippen LogP contribution in [0.4, 0.5) is 0 Å². The van der Waals surface area contributed by atoms with Crippen LogP contribution in [0, 0.1) is 5.92 Å². The molecule has 3 aromatic carbocycles. The molecule has 42 heavy (non-hydrogen) atoms. The summed E-state index contributed by atoms with van der Waals surface area (Å²) in [5.74, 6) is 0.982. The second-order valence-corrected chi connectivity index (χ2v) is 10.9. The number of nitrogens with zero attached hydrogens (tertiary/aromatic N) is 3. The Kier molecular flexibility index (Phi) is 11.2. The van der Waals surface area contributed by atoms with E-state index >= 15 is 0 Å². The predicted octanol–water partition coefficient (Wildman–Crippen LogP) is 6.66. The van der Waals surface area contributed by atoms with Crippen LogP contribution in [0.15, 0.2) is 109 Å². The van der Waals surface area contributed by atoms with Gasteiger partial charge in [0, 0.05) is 37.6 Å². The van der Waals surface area contributed by atoms with Crippen molar-refractivity contribution < 1.29 is 14.3 Å². The summed E-state index contributed by atoms with van der Waals surface area (Å²) in [6.07, 6.45) is 6.24. The maximum absolute atomic E-state index is 13.9. The summed E-state index contributed by atoms with van der Waals surface area (Å²) < 4.78 is 7.56. The van der Waals surface area contributed by atoms with Crippen molar-refractivity contribution in [2.24, 2.45) is 5.92 Å². The average Bonchev–Trinajstić information content (AvgIpc) is 3.44. The lowest BCUT2D eigenvalue weighted by Crippen LogP contribution is -2.42. The molecule has 2 amide bonds. The summed E-state index contributed by atoms with van der Waals surface area (Å²) in [6, 6.07) is 31.8. The topological polar surface area (TPSA) is 54.8 Å². The minimum absolute atomic E-state index is 0.0219. The third-order valence-corrected chi connectivity index (χ3v) is 7.16. The number of amides is 2. The molecule has 0 aliphatic carbocycles. The van der Waals surface area contributed by atoms with Gasteiger partial charge in [-0.3, -0.25) is 9.59 Å². The van der Waals surface area contributed by atoms with E-state index in [1.807, 2.05) is 102 Å². The van der Waals surface area contributed by atoms with Gasteiger partial charge < -0.3 is 19.1 Å². The highest BCUT2D eigenvalue weighted by Gasteiger charge is 2.22. The standard InChI is InChI=1S/C36H41N3O3/c1-29(2)21-23-38(35(40)20-19-30-12-6-4-7-13-30)28-36(41)39(25-31-14-8-5-9-15-31)27-33-17-11-22-37(33)26-32-16-10-18-34(24-32)42-3/h4-20,22,24,29H,21,23,25-28H2,1-3H3. The fraction of sp³-hybridized carbons (Fsp3) is 0.278. The zero-order valence-electron chi connectivity index (χ0n) is 24.9. The van der Waals surface area contributed by atoms with E-state index in [1.54, 1.807) is 18.1 Å². The number of hydrogen-bond donors (Lipinski definition) is 0. The second kappa shape index (κ2) is 15.4. The first-order chi connectivity index (χ1) is 20.4. The van der Waals surface area contributed by atoms with E-state index in [0.29, 0.717) is 32.1 Å². The molecule has 0 aliphatic heterocycles. The highest BCUT2D eigenvalue weighted by Crippen LogP contribution is 2.17. The van der Waals surface area contributed by atoms with Crippen LogP contribution in [0.3, 0.4) is 0 Å². The van der Waals surface area contributed by atoms with Crippen LogP contribution in [-0.4, -0.2) is 46.4 Å². The van der Waals surface area contributed by atoms with Crippen molar-refractivity contribution in [3.8, 4) is 5.75 Å². The molecule has 4 rings (SSSR count). The van der Waals surface area contributed by atoms with Crippen molar-refractivity contribution in [3.63, 3.8) is 0 Å². The van der Waals surface area contributed by atoms with Gasteiger partial charge in [-0.05, 0) is 59.4 Å². The molecular weight excluding hydrogens is 522 g/mol. The van der Waals surface area contributed by atoms with Crippen LogP contribution in [0.5, 0.6) is 5.75 Å². The lowest BCUT2D eigenvalue weighted by atomic mass is 10.1. The zero-order chi connectivity index (χ0) is 29.7. The largest absolute Gasteiger partial charge is 0.497 e. The van der Waals surface area contributed by atoms with Crippen LogP contribution < -0.4 is 4.74 Å². The summed E-state index contributed by atoms with van der Waals surface area (Å²) in [5, 5.41) is 0. The van der Waals surface area contributed by atoms with E-state index in [2.05, 4.69) is 30.5 Å². The Labute approximate surface area is 249 Å². The molecule has 0 atom stereocenters. The minimum atomic E-state index is -0.158. The maximum atomic E-state index is 13.9. The molecule has 0 aliphatic rings. The van der Waals surface area contributed by atoms with Crippen LogP contribution in [0.1, 0.15) is 42.7 Å². The molecular formula is C36H41N3O3. The number of benzene rings is 3. The van der Waals surface area contributed by atoms with Gasteiger partial charge in [0.1, 0.15) is 12.3 Å². The fourth-order valence-corrected chi connectivity index (χ4v) is 4.73. The Morgan fingerprint density at radius 2 is 1.55 bits per heavy atom. The number of methoxy groups -OCH3 is 1. The number of rotatable bonds is 14. The molecule has 0 saturated carbocycles. The Morgan fingerprint density at radius 3 is 2.26 bits per heavy atom. The molecule has 0 radical (unpaired) electrons. The number of hydrogen-bond acceptors (Lipinski definition) is 3. The first-order valence-electron chi connectivity index (χ1n) is 14.5. The fourth-order valence-electron chi connectivity index (χ4n) is 4.73. The lowest BCUT2D eigenvalue weighted by molar-refractivity contribution is -0.139. The molecule has 0 fully saturated rings. The van der Waals surface area contributed by atoms with Crippen molar-refractivity contribution in [3.05, 3.63) is 132 Å². The molecule has 4 aromatic rings. The number of carbonyl (C=O) groups is 2. The van der Waals surface area contributed by atoms with Crippen molar-refractivity contribution >= 4 is 17.9 Å². The van der Waals surface area contributed by atoms with E-state index in [-0.39, 0.29) is 18.4 Å². The Balaban J connectivity index is 1.54. The van der Waals surface area contributed by atoms with Gasteiger partial charge in [0.15, 0.2) is 0 Å². The Morgan fingerprint density at radius 1 is 0.833 bits per heavy atom. The first kappa shape index (κ1) is 30.4. The van der Waals surface area contributed by atoms with Gasteiger partial charge in [-0.1, -0.05) is 86.6 Å². The summed E-state index contributed by atoms with van der Waals surface area (Å²) >= 11 is 0. The SMILES string of the molecule is COc1cccc(Cn2cccc2CN(Cc2ccccc2)C(=O)CN(CCC(C)C)C(=O)C=Cc2ccccc2)c1. The molecule has 218 valence electrons. The summed E-state index contributed by atoms with van der Waals surface area (Å²) in [6.45, 7) is 6.34. The van der Waals surface area contributed by atoms with Gasteiger partial charge in [-0.25, -0.2) is 0 Å². The van der Waals surface area contributed by atoms with E-state index in [4.69, 9.17) is 4.74 Å². The zero-order valence-corrected chi connectivity index (χ0v) is 24.9. The quantitative estimate of drug-likeness (QED) is 0.161. The summed E-state index contributed by atoms with van der Waals surface area (Å²) in [5.41, 5.74) is 4.12. The van der Waals surface area contributed by atoms with Gasteiger partial charge in [-0.15, -0.1) is 0 Å². The highest BCUT2D eigenvalue weighted by atomic mass is 16.5. The maximum Gasteiger partial charge on any atom is 0.247 e. The van der Waals surface area contributed by atoms with E-state index in [0.717, 1.165) is 34.6 Å². The van der Waals surface area contributed by atoms with Crippen LogP contribution in [-0.2, 0) is 29.2 Å². The molecule has 1 heterocycles. The van der Waals surface area contributed by atoms with Gasteiger partial charge in [-0.2, -0.15) is 0 Å². The van der Waals surface area contributed by atoms with E-state index in [9.17, 15) is 9.59 Å². The van der Waals surface area contributed by atoms with Crippen LogP contribution in [0.2, 0.25) is 0 Å². The third kappa shape index (κ3) is 9.23. The average molecular weight is 564 g/mol. The van der Waals surface area contributed by atoms with Crippen molar-refractivity contribution in [1.82, 2.24) is 14.4 Å². The van der Waals surface area contributed by atoms with Gasteiger partial charge >= 0.3 is 0 Å². The monoisotopic (exact) mass is 563 g/mol. The molecule has 0 unspecified atom stereocenters. The Bertz CT molecular complexity index is 1440. The highest BCUT2D eigenvalue weighted by molar-refractivity contribution is 5.94. The summed E-state index contributed by atoms with van der Waals surface area (Å²) in [7, 11) is 1.67. The Hall–Kier alpha value is -4.58. The number of carbonyl (C=O) groups excluding carboxylic acids is 2. The number of aromatic nitrogens is 1.